The van der Waals surface area contributed by atoms with Crippen LogP contribution in [0.4, 0.5) is 8.78 Å². The number of hydrogen-bond donors (Lipinski definition) is 2. The van der Waals surface area contributed by atoms with Crippen molar-refractivity contribution in [2.45, 2.75) is 44.4 Å². The highest BCUT2D eigenvalue weighted by Gasteiger charge is 2.29. The zero-order chi connectivity index (χ0) is 38.8. The van der Waals surface area contributed by atoms with Gasteiger partial charge in [-0.05, 0) is 80.2 Å². The summed E-state index contributed by atoms with van der Waals surface area (Å²) in [6, 6.07) is 14.3. The Morgan fingerprint density at radius 1 is 1.04 bits per heavy atom. The van der Waals surface area contributed by atoms with Gasteiger partial charge in [0.15, 0.2) is 11.5 Å². The van der Waals surface area contributed by atoms with Crippen LogP contribution in [-0.2, 0) is 27.2 Å². The molecule has 0 saturated carbocycles. The molecule has 1 unspecified atom stereocenters. The summed E-state index contributed by atoms with van der Waals surface area (Å²) in [6.07, 6.45) is 4.35. The molecule has 1 fully saturated rings. The van der Waals surface area contributed by atoms with Gasteiger partial charge in [-0.1, -0.05) is 59.6 Å². The van der Waals surface area contributed by atoms with Gasteiger partial charge in [0.2, 0.25) is 12.4 Å². The van der Waals surface area contributed by atoms with Crippen LogP contribution >= 0.6 is 34.5 Å². The number of thiophene rings is 1. The summed E-state index contributed by atoms with van der Waals surface area (Å²) >= 11 is 14.0. The number of ether oxygens (including phenoxy) is 4. The molecule has 0 radical (unpaired) electrons. The molecule has 11 nitrogen and oxygen atoms in total. The molecule has 0 amide bonds. The summed E-state index contributed by atoms with van der Waals surface area (Å²) in [5.41, 5.74) is 1.84. The highest BCUT2D eigenvalue weighted by Crippen LogP contribution is 2.41. The smallest absolute Gasteiger partial charge is 0.387 e. The lowest BCUT2D eigenvalue weighted by Crippen LogP contribution is -2.34. The number of aromatic carboxylic acids is 1. The SMILES string of the molecule is COCCOc1cc([C@H](Cc2c(Cl)c[n+](O)cc2Cl)c2cc(CNC(C(=O)OCC3CCN(C)CC3)c3ccccc3)sc2C(=O)[O-])ccc1OC(F)F. The number of carboxylic acid groups (broad SMARTS) is 1. The second kappa shape index (κ2) is 19.5. The van der Waals surface area contributed by atoms with E-state index in [0.717, 1.165) is 37.3 Å². The Kier molecular flexibility index (Phi) is 14.9. The number of benzene rings is 2. The summed E-state index contributed by atoms with van der Waals surface area (Å²) in [4.78, 5) is 29.0. The molecule has 290 valence electrons. The molecule has 54 heavy (non-hydrogen) atoms. The molecule has 4 aromatic rings. The number of pyridine rings is 1. The number of carbonyl (C=O) groups is 2. The van der Waals surface area contributed by atoms with E-state index in [1.807, 2.05) is 30.3 Å². The maximum absolute atomic E-state index is 13.5. The van der Waals surface area contributed by atoms with Gasteiger partial charge in [-0.25, -0.2) is 4.79 Å². The van der Waals surface area contributed by atoms with Crippen molar-refractivity contribution in [1.82, 2.24) is 10.2 Å². The maximum Gasteiger partial charge on any atom is 0.387 e. The Balaban J connectivity index is 1.49. The number of likely N-dealkylation sites (tertiary alicyclic amines) is 1. The molecule has 16 heteroatoms. The number of carbonyl (C=O) groups excluding carboxylic acids is 2. The van der Waals surface area contributed by atoms with E-state index in [-0.39, 0.29) is 58.5 Å². The van der Waals surface area contributed by atoms with E-state index in [1.54, 1.807) is 6.07 Å². The first-order chi connectivity index (χ1) is 25.9. The zero-order valence-electron chi connectivity index (χ0n) is 29.6. The van der Waals surface area contributed by atoms with Crippen molar-refractivity contribution < 1.29 is 52.4 Å². The number of methoxy groups -OCH3 is 1. The Labute approximate surface area is 325 Å². The summed E-state index contributed by atoms with van der Waals surface area (Å²) in [7, 11) is 3.53. The van der Waals surface area contributed by atoms with Gasteiger partial charge >= 0.3 is 12.6 Å². The lowest BCUT2D eigenvalue weighted by atomic mass is 9.85. The molecule has 2 aromatic heterocycles. The van der Waals surface area contributed by atoms with Gasteiger partial charge in [-0.15, -0.1) is 11.3 Å². The molecule has 0 spiro atoms. The van der Waals surface area contributed by atoms with Gasteiger partial charge in [0.25, 0.3) is 0 Å². The fraction of sp³-hybridized carbons (Fsp3) is 0.395. The van der Waals surface area contributed by atoms with E-state index >= 15 is 0 Å². The minimum absolute atomic E-state index is 0.0125. The van der Waals surface area contributed by atoms with Crippen LogP contribution in [0, 0.1) is 5.92 Å². The van der Waals surface area contributed by atoms with E-state index in [1.165, 1.54) is 37.7 Å². The lowest BCUT2D eigenvalue weighted by Gasteiger charge is -2.29. The summed E-state index contributed by atoms with van der Waals surface area (Å²) in [5.74, 6) is -2.69. The zero-order valence-corrected chi connectivity index (χ0v) is 32.0. The average Bonchev–Trinajstić information content (AvgIpc) is 3.56. The summed E-state index contributed by atoms with van der Waals surface area (Å²) < 4.78 is 48.7. The minimum Gasteiger partial charge on any atom is -0.544 e. The molecule has 2 atom stereocenters. The number of nitrogens with zero attached hydrogens (tertiary/aromatic N) is 2. The molecule has 0 aliphatic carbocycles. The predicted octanol–water partition coefficient (Wildman–Crippen LogP) is 5.66. The molecule has 5 rings (SSSR count). The molecule has 1 saturated heterocycles. The summed E-state index contributed by atoms with van der Waals surface area (Å²) in [5, 5.41) is 26.2. The molecule has 3 heterocycles. The second-order valence-corrected chi connectivity index (χ2v) is 14.8. The monoisotopic (exact) mass is 807 g/mol. The van der Waals surface area contributed by atoms with Gasteiger partial charge in [-0.3, -0.25) is 10.5 Å². The van der Waals surface area contributed by atoms with E-state index in [9.17, 15) is 28.7 Å². The molecule has 2 N–H and O–H groups in total. The number of halogens is 4. The first kappa shape index (κ1) is 41.1. The molecular formula is C38H41Cl2F2N3O8S. The molecule has 1 aliphatic heterocycles. The number of alkyl halides is 2. The van der Waals surface area contributed by atoms with Crippen LogP contribution in [0.15, 0.2) is 67.0 Å². The third-order valence-electron chi connectivity index (χ3n) is 9.13. The Hall–Kier alpha value is -4.05. The number of aromatic nitrogens is 1. The fourth-order valence-corrected chi connectivity index (χ4v) is 7.90. The topological polar surface area (TPSA) is 134 Å². The van der Waals surface area contributed by atoms with Crippen molar-refractivity contribution in [2.75, 3.05) is 47.1 Å². The van der Waals surface area contributed by atoms with Crippen LogP contribution in [0.5, 0.6) is 11.5 Å². The van der Waals surface area contributed by atoms with E-state index in [2.05, 4.69) is 17.3 Å². The lowest BCUT2D eigenvalue weighted by molar-refractivity contribution is -0.904. The van der Waals surface area contributed by atoms with Crippen molar-refractivity contribution >= 4 is 46.5 Å². The van der Waals surface area contributed by atoms with Crippen molar-refractivity contribution in [2.24, 2.45) is 5.92 Å². The third-order valence-corrected chi connectivity index (χ3v) is 10.9. The highest BCUT2D eigenvalue weighted by molar-refractivity contribution is 7.14. The van der Waals surface area contributed by atoms with Gasteiger partial charge in [-0.2, -0.15) is 8.78 Å². The van der Waals surface area contributed by atoms with E-state index in [4.69, 9.17) is 42.1 Å². The van der Waals surface area contributed by atoms with Crippen molar-refractivity contribution in [3.8, 4) is 11.5 Å². The fourth-order valence-electron chi connectivity index (χ4n) is 6.29. The van der Waals surface area contributed by atoms with Crippen LogP contribution in [0.1, 0.15) is 61.6 Å². The van der Waals surface area contributed by atoms with Crippen LogP contribution in [-0.4, -0.2) is 75.7 Å². The van der Waals surface area contributed by atoms with Gasteiger partial charge in [0.05, 0.1) is 24.1 Å². The van der Waals surface area contributed by atoms with Crippen molar-refractivity contribution in [3.05, 3.63) is 109 Å². The minimum atomic E-state index is -3.13. The van der Waals surface area contributed by atoms with Gasteiger partial charge < -0.3 is 33.7 Å². The quantitative estimate of drug-likeness (QED) is 0.0562. The number of hydrogen-bond acceptors (Lipinski definition) is 11. The largest absolute Gasteiger partial charge is 0.544 e. The van der Waals surface area contributed by atoms with E-state index in [0.29, 0.717) is 38.5 Å². The third kappa shape index (κ3) is 11.0. The van der Waals surface area contributed by atoms with Gasteiger partial charge in [0.1, 0.15) is 22.7 Å². The molecule has 2 aromatic carbocycles. The highest BCUT2D eigenvalue weighted by atomic mass is 35.5. The Morgan fingerprint density at radius 3 is 2.39 bits per heavy atom. The Bertz CT molecular complexity index is 1860. The normalized spacial score (nSPS) is 14.9. The van der Waals surface area contributed by atoms with E-state index < -0.39 is 30.5 Å². The van der Waals surface area contributed by atoms with Crippen LogP contribution in [0.2, 0.25) is 10.0 Å². The molecule has 0 bridgehead atoms. The number of esters is 1. The second-order valence-electron chi connectivity index (χ2n) is 12.9. The summed E-state index contributed by atoms with van der Waals surface area (Å²) in [6.45, 7) is -0.703. The maximum atomic E-state index is 13.5. The standard InChI is InChI=1S/C38H41Cl2F2N3O8S/c1-44-12-10-23(11-13-44)22-52-37(48)34(24-6-4-3-5-7-24)43-19-26-17-28(35(54-26)36(46)47)27(18-29-30(39)20-45(49)21-31(29)40)25-8-9-32(53-38(41)42)33(16-25)51-15-14-50-2/h3-9,16-17,20-21,23,27,34,38,43H,10-15,18-19,22H2,1-2H3,(H-,46,47,49)/t27-,34?/m0/s1. The van der Waals surface area contributed by atoms with Gasteiger partial charge in [0, 0.05) is 34.7 Å². The van der Waals surface area contributed by atoms with Crippen LogP contribution in [0.3, 0.4) is 0 Å². The first-order valence-corrected chi connectivity index (χ1v) is 18.8. The molecule has 1 aliphatic rings. The van der Waals surface area contributed by atoms with Crippen LogP contribution in [0.25, 0.3) is 0 Å². The average molecular weight is 809 g/mol. The van der Waals surface area contributed by atoms with Crippen molar-refractivity contribution in [3.63, 3.8) is 0 Å². The number of piperidine rings is 1. The number of nitrogens with one attached hydrogen (secondary N) is 1. The number of carboxylic acids is 1. The number of rotatable bonds is 18. The Morgan fingerprint density at radius 2 is 1.74 bits per heavy atom. The first-order valence-electron chi connectivity index (χ1n) is 17.2. The van der Waals surface area contributed by atoms with Crippen molar-refractivity contribution in [1.29, 1.82) is 0 Å². The van der Waals surface area contributed by atoms with Crippen LogP contribution < -0.4 is 24.6 Å². The predicted molar refractivity (Wildman–Crippen MR) is 196 cm³/mol. The molecular weight excluding hydrogens is 767 g/mol.